The molecular formula is C17H17BrN2O3. The highest BCUT2D eigenvalue weighted by molar-refractivity contribution is 9.10. The smallest absolute Gasteiger partial charge is 0.322 e. The summed E-state index contributed by atoms with van der Waals surface area (Å²) in [7, 11) is 1.31. The number of hydrogen-bond donors (Lipinski definition) is 2. The Morgan fingerprint density at radius 1 is 1.17 bits per heavy atom. The summed E-state index contributed by atoms with van der Waals surface area (Å²) < 4.78 is 5.33. The molecule has 0 aromatic heterocycles. The standard InChI is InChI=1S/C17H17BrN2O3/c1-23-17(22)15(19)10-11-6-8-12(9-7-11)20-16(21)13-4-2-3-5-14(13)18/h2-9,15H,10,19H2,1H3,(H,20,21)/t15-/m0/s1. The third kappa shape index (κ3) is 4.64. The molecule has 1 atom stereocenters. The summed E-state index contributed by atoms with van der Waals surface area (Å²) in [6, 6.07) is 13.7. The molecule has 6 heteroatoms. The summed E-state index contributed by atoms with van der Waals surface area (Å²) in [6.45, 7) is 0. The van der Waals surface area contributed by atoms with Crippen molar-refractivity contribution in [2.24, 2.45) is 5.73 Å². The number of nitrogens with one attached hydrogen (secondary N) is 1. The average molecular weight is 377 g/mol. The highest BCUT2D eigenvalue weighted by Crippen LogP contribution is 2.18. The van der Waals surface area contributed by atoms with E-state index in [-0.39, 0.29) is 5.91 Å². The van der Waals surface area contributed by atoms with Crippen LogP contribution < -0.4 is 11.1 Å². The lowest BCUT2D eigenvalue weighted by molar-refractivity contribution is -0.142. The number of halogens is 1. The number of benzene rings is 2. The predicted octanol–water partition coefficient (Wildman–Crippen LogP) is 2.74. The van der Waals surface area contributed by atoms with Crippen LogP contribution in [0.1, 0.15) is 15.9 Å². The van der Waals surface area contributed by atoms with Gasteiger partial charge < -0.3 is 15.8 Å². The normalized spacial score (nSPS) is 11.6. The fourth-order valence-electron chi connectivity index (χ4n) is 2.06. The monoisotopic (exact) mass is 376 g/mol. The molecule has 2 rings (SSSR count). The average Bonchev–Trinajstić information content (AvgIpc) is 2.56. The van der Waals surface area contributed by atoms with Crippen LogP contribution in [-0.4, -0.2) is 25.0 Å². The van der Waals surface area contributed by atoms with E-state index in [1.54, 1.807) is 24.3 Å². The largest absolute Gasteiger partial charge is 0.468 e. The zero-order valence-electron chi connectivity index (χ0n) is 12.6. The Morgan fingerprint density at radius 3 is 2.43 bits per heavy atom. The topological polar surface area (TPSA) is 81.4 Å². The number of amides is 1. The summed E-state index contributed by atoms with van der Waals surface area (Å²) >= 11 is 3.35. The Bertz CT molecular complexity index is 701. The van der Waals surface area contributed by atoms with Crippen LogP contribution in [0.3, 0.4) is 0 Å². The van der Waals surface area contributed by atoms with E-state index >= 15 is 0 Å². The van der Waals surface area contributed by atoms with Crippen molar-refractivity contribution < 1.29 is 14.3 Å². The van der Waals surface area contributed by atoms with Crippen molar-refractivity contribution in [2.75, 3.05) is 12.4 Å². The van der Waals surface area contributed by atoms with Crippen LogP contribution in [-0.2, 0) is 16.0 Å². The van der Waals surface area contributed by atoms with Gasteiger partial charge >= 0.3 is 5.97 Å². The van der Waals surface area contributed by atoms with Crippen LogP contribution in [0.2, 0.25) is 0 Å². The van der Waals surface area contributed by atoms with Gasteiger partial charge in [0.1, 0.15) is 6.04 Å². The molecule has 0 spiro atoms. The summed E-state index contributed by atoms with van der Waals surface area (Å²) in [5.41, 5.74) is 7.84. The molecule has 0 bridgehead atoms. The lowest BCUT2D eigenvalue weighted by Crippen LogP contribution is -2.33. The number of rotatable bonds is 5. The minimum atomic E-state index is -0.694. The Balaban J connectivity index is 2.01. The first-order valence-electron chi connectivity index (χ1n) is 6.99. The first kappa shape index (κ1) is 17.2. The second kappa shape index (κ2) is 7.89. The zero-order valence-corrected chi connectivity index (χ0v) is 14.2. The van der Waals surface area contributed by atoms with Crippen molar-refractivity contribution in [1.29, 1.82) is 0 Å². The SMILES string of the molecule is COC(=O)[C@@H](N)Cc1ccc(NC(=O)c2ccccc2Br)cc1. The molecule has 2 aromatic carbocycles. The molecule has 0 aliphatic carbocycles. The van der Waals surface area contributed by atoms with Gasteiger partial charge in [-0.1, -0.05) is 24.3 Å². The van der Waals surface area contributed by atoms with Gasteiger partial charge in [0.25, 0.3) is 5.91 Å². The van der Waals surface area contributed by atoms with Gasteiger partial charge in [-0.25, -0.2) is 0 Å². The van der Waals surface area contributed by atoms with Crippen LogP contribution in [0.4, 0.5) is 5.69 Å². The Labute approximate surface area is 143 Å². The van der Waals surface area contributed by atoms with E-state index in [2.05, 4.69) is 26.0 Å². The van der Waals surface area contributed by atoms with Crippen molar-refractivity contribution in [1.82, 2.24) is 0 Å². The number of carbonyl (C=O) groups excluding carboxylic acids is 2. The van der Waals surface area contributed by atoms with Gasteiger partial charge in [0.05, 0.1) is 12.7 Å². The van der Waals surface area contributed by atoms with Crippen LogP contribution in [0.5, 0.6) is 0 Å². The molecule has 0 unspecified atom stereocenters. The molecule has 1 amide bonds. The lowest BCUT2D eigenvalue weighted by Gasteiger charge is -2.10. The van der Waals surface area contributed by atoms with E-state index in [1.165, 1.54) is 7.11 Å². The number of nitrogens with two attached hydrogens (primary N) is 1. The van der Waals surface area contributed by atoms with Crippen LogP contribution in [0.25, 0.3) is 0 Å². The van der Waals surface area contributed by atoms with E-state index in [0.29, 0.717) is 17.7 Å². The molecule has 0 heterocycles. The van der Waals surface area contributed by atoms with Crippen LogP contribution in [0.15, 0.2) is 53.0 Å². The van der Waals surface area contributed by atoms with Crippen molar-refractivity contribution >= 4 is 33.5 Å². The molecule has 0 aliphatic rings. The van der Waals surface area contributed by atoms with E-state index in [0.717, 1.165) is 10.0 Å². The zero-order chi connectivity index (χ0) is 16.8. The van der Waals surface area contributed by atoms with Crippen LogP contribution in [0, 0.1) is 0 Å². The summed E-state index contributed by atoms with van der Waals surface area (Å²) in [5, 5.41) is 2.82. The fourth-order valence-corrected chi connectivity index (χ4v) is 2.52. The van der Waals surface area contributed by atoms with Crippen molar-refractivity contribution in [2.45, 2.75) is 12.5 Å². The maximum atomic E-state index is 12.2. The molecule has 0 radical (unpaired) electrons. The molecule has 5 nitrogen and oxygen atoms in total. The second-order valence-electron chi connectivity index (χ2n) is 4.96. The second-order valence-corrected chi connectivity index (χ2v) is 5.82. The van der Waals surface area contributed by atoms with Gasteiger partial charge in [0.15, 0.2) is 0 Å². The number of esters is 1. The molecular weight excluding hydrogens is 360 g/mol. The third-order valence-electron chi connectivity index (χ3n) is 3.29. The maximum Gasteiger partial charge on any atom is 0.322 e. The quantitative estimate of drug-likeness (QED) is 0.786. The van der Waals surface area contributed by atoms with Crippen molar-refractivity contribution in [3.05, 3.63) is 64.1 Å². The number of hydrogen-bond acceptors (Lipinski definition) is 4. The molecule has 23 heavy (non-hydrogen) atoms. The highest BCUT2D eigenvalue weighted by atomic mass is 79.9. The number of ether oxygens (including phenoxy) is 1. The molecule has 2 aromatic rings. The van der Waals surface area contributed by atoms with Crippen LogP contribution >= 0.6 is 15.9 Å². The number of carbonyl (C=O) groups is 2. The molecule has 3 N–H and O–H groups in total. The number of anilines is 1. The van der Waals surface area contributed by atoms with Gasteiger partial charge in [-0.05, 0) is 52.2 Å². The third-order valence-corrected chi connectivity index (χ3v) is 3.98. The summed E-state index contributed by atoms with van der Waals surface area (Å²) in [4.78, 5) is 23.5. The molecule has 0 saturated heterocycles. The van der Waals surface area contributed by atoms with Gasteiger partial charge in [0.2, 0.25) is 0 Å². The van der Waals surface area contributed by atoms with E-state index < -0.39 is 12.0 Å². The molecule has 120 valence electrons. The Morgan fingerprint density at radius 2 is 1.83 bits per heavy atom. The van der Waals surface area contributed by atoms with Gasteiger partial charge in [-0.15, -0.1) is 0 Å². The van der Waals surface area contributed by atoms with Gasteiger partial charge in [0, 0.05) is 10.2 Å². The Hall–Kier alpha value is -2.18. The minimum Gasteiger partial charge on any atom is -0.468 e. The summed E-state index contributed by atoms with van der Waals surface area (Å²) in [6.07, 6.45) is 0.380. The van der Waals surface area contributed by atoms with E-state index in [4.69, 9.17) is 5.73 Å². The molecule has 0 aliphatic heterocycles. The van der Waals surface area contributed by atoms with Crippen molar-refractivity contribution in [3.63, 3.8) is 0 Å². The van der Waals surface area contributed by atoms with Gasteiger partial charge in [-0.3, -0.25) is 9.59 Å². The minimum absolute atomic E-state index is 0.198. The first-order valence-corrected chi connectivity index (χ1v) is 7.79. The predicted molar refractivity (Wildman–Crippen MR) is 92.2 cm³/mol. The maximum absolute atomic E-state index is 12.2. The molecule has 0 saturated carbocycles. The van der Waals surface area contributed by atoms with E-state index in [9.17, 15) is 9.59 Å². The Kier molecular flexibility index (Phi) is 5.90. The summed E-state index contributed by atoms with van der Waals surface area (Å²) in [5.74, 6) is -0.646. The lowest BCUT2D eigenvalue weighted by atomic mass is 10.1. The first-order chi connectivity index (χ1) is 11.0. The fraction of sp³-hybridized carbons (Fsp3) is 0.176. The van der Waals surface area contributed by atoms with Gasteiger partial charge in [-0.2, -0.15) is 0 Å². The molecule has 0 fully saturated rings. The number of methoxy groups -OCH3 is 1. The van der Waals surface area contributed by atoms with Crippen molar-refractivity contribution in [3.8, 4) is 0 Å². The highest BCUT2D eigenvalue weighted by Gasteiger charge is 2.14. The van der Waals surface area contributed by atoms with E-state index in [1.807, 2.05) is 24.3 Å².